The van der Waals surface area contributed by atoms with Crippen molar-refractivity contribution in [2.24, 2.45) is 0 Å². The van der Waals surface area contributed by atoms with Gasteiger partial charge in [-0.15, -0.1) is 0 Å². The highest BCUT2D eigenvalue weighted by molar-refractivity contribution is 7.02. The van der Waals surface area contributed by atoms with Gasteiger partial charge in [-0.3, -0.25) is 9.80 Å². The normalized spacial score (nSPS) is 14.6. The standard InChI is InChI=1S/C56H45BN2O6/c1-55(2,3)34-20-22-44-38(24-34)50-53(64-44)58(42-28-48-46(60-30-62-48)26-36(42)32-14-9-7-10-15-32)40-18-13-19-41-52(40)57(50)51-39-25-35(56(4,5)6)21-23-45(39)65-54(51)59(41)43-29-49-47(61-31-63-49)27-37(43)33-16-11-8-12-17-33/h7-29H,30-31H2,1-6H3. The second-order valence-electron chi connectivity index (χ2n) is 19.6. The number of anilines is 6. The Morgan fingerprint density at radius 3 is 1.25 bits per heavy atom. The van der Waals surface area contributed by atoms with Gasteiger partial charge in [0.15, 0.2) is 23.0 Å². The summed E-state index contributed by atoms with van der Waals surface area (Å²) in [7, 11) is 0. The summed E-state index contributed by atoms with van der Waals surface area (Å²) >= 11 is 0. The summed E-state index contributed by atoms with van der Waals surface area (Å²) in [5.41, 5.74) is 15.1. The van der Waals surface area contributed by atoms with E-state index in [2.05, 4.69) is 179 Å². The Labute approximate surface area is 377 Å². The van der Waals surface area contributed by atoms with Crippen LogP contribution in [0.2, 0.25) is 0 Å². The number of benzene rings is 7. The fraction of sp³-hybridized carbons (Fsp3) is 0.179. The Morgan fingerprint density at radius 2 is 0.831 bits per heavy atom. The topological polar surface area (TPSA) is 69.7 Å². The van der Waals surface area contributed by atoms with Crippen molar-refractivity contribution in [2.45, 2.75) is 52.4 Å². The van der Waals surface area contributed by atoms with Crippen molar-refractivity contribution in [1.29, 1.82) is 0 Å². The van der Waals surface area contributed by atoms with Gasteiger partial charge < -0.3 is 27.8 Å². The van der Waals surface area contributed by atoms with E-state index in [0.29, 0.717) is 23.0 Å². The van der Waals surface area contributed by atoms with E-state index in [1.54, 1.807) is 0 Å². The van der Waals surface area contributed by atoms with Gasteiger partial charge in [0, 0.05) is 56.3 Å². The van der Waals surface area contributed by atoms with Crippen LogP contribution in [0.5, 0.6) is 23.0 Å². The van der Waals surface area contributed by atoms with Crippen molar-refractivity contribution in [3.8, 4) is 45.3 Å². The molecule has 13 rings (SSSR count). The SMILES string of the molecule is CC(C)(C)c1ccc2oc3c(c2c1)B1c2c(cccc2N(c2cc4c(cc2-c2ccccc2)OCO4)c2oc4ccc(C(C)(C)C)cc4c21)N3c1cc2c(cc1-c1ccccc1)OCO2. The molecule has 0 spiro atoms. The van der Waals surface area contributed by atoms with Gasteiger partial charge in [0.1, 0.15) is 11.2 Å². The smallest absolute Gasteiger partial charge is 0.262 e. The minimum Gasteiger partial charge on any atom is -0.454 e. The molecule has 9 aromatic rings. The Balaban J connectivity index is 1.18. The minimum absolute atomic E-state index is 0.112. The molecule has 0 radical (unpaired) electrons. The summed E-state index contributed by atoms with van der Waals surface area (Å²) in [6, 6.07) is 49.4. The fourth-order valence-electron chi connectivity index (χ4n) is 10.3. The Morgan fingerprint density at radius 1 is 0.415 bits per heavy atom. The molecular weight excluding hydrogens is 807 g/mol. The average Bonchev–Trinajstić information content (AvgIpc) is 4.12. The van der Waals surface area contributed by atoms with Crippen LogP contribution in [0.15, 0.2) is 148 Å². The van der Waals surface area contributed by atoms with Gasteiger partial charge >= 0.3 is 0 Å². The van der Waals surface area contributed by atoms with E-state index in [1.807, 2.05) is 12.1 Å². The zero-order chi connectivity index (χ0) is 43.9. The first-order valence-electron chi connectivity index (χ1n) is 22.3. The van der Waals surface area contributed by atoms with Crippen molar-refractivity contribution in [3.63, 3.8) is 0 Å². The second kappa shape index (κ2) is 13.5. The lowest BCUT2D eigenvalue weighted by Crippen LogP contribution is -2.60. The number of ether oxygens (including phenoxy) is 4. The quantitative estimate of drug-likeness (QED) is 0.162. The van der Waals surface area contributed by atoms with Crippen molar-refractivity contribution >= 4 is 79.6 Å². The largest absolute Gasteiger partial charge is 0.454 e. The van der Waals surface area contributed by atoms with E-state index in [9.17, 15) is 0 Å². The molecule has 9 heteroatoms. The van der Waals surface area contributed by atoms with E-state index in [4.69, 9.17) is 27.8 Å². The monoisotopic (exact) mass is 852 g/mol. The van der Waals surface area contributed by atoms with Gasteiger partial charge in [0.25, 0.3) is 6.71 Å². The number of hydrogen-bond donors (Lipinski definition) is 0. The highest BCUT2D eigenvalue weighted by Crippen LogP contribution is 2.54. The average molecular weight is 853 g/mol. The minimum atomic E-state index is -0.282. The van der Waals surface area contributed by atoms with E-state index in [1.165, 1.54) is 11.1 Å². The third kappa shape index (κ3) is 5.64. The Kier molecular flexibility index (Phi) is 7.89. The summed E-state index contributed by atoms with van der Waals surface area (Å²) < 4.78 is 39.0. The van der Waals surface area contributed by atoms with Crippen LogP contribution in [0.25, 0.3) is 44.2 Å². The molecule has 318 valence electrons. The molecule has 0 bridgehead atoms. The van der Waals surface area contributed by atoms with Crippen LogP contribution < -0.4 is 45.1 Å². The zero-order valence-electron chi connectivity index (χ0n) is 37.1. The third-order valence-corrected chi connectivity index (χ3v) is 13.6. The predicted molar refractivity (Wildman–Crippen MR) is 261 cm³/mol. The zero-order valence-corrected chi connectivity index (χ0v) is 37.1. The summed E-state index contributed by atoms with van der Waals surface area (Å²) in [5.74, 6) is 4.31. The summed E-state index contributed by atoms with van der Waals surface area (Å²) in [5, 5.41) is 2.14. The molecule has 2 aromatic heterocycles. The van der Waals surface area contributed by atoms with Gasteiger partial charge in [0.2, 0.25) is 25.4 Å². The first-order valence-corrected chi connectivity index (χ1v) is 22.3. The first-order chi connectivity index (χ1) is 31.5. The maximum atomic E-state index is 7.29. The number of furan rings is 2. The predicted octanol–water partition coefficient (Wildman–Crippen LogP) is 12.6. The fourth-order valence-corrected chi connectivity index (χ4v) is 10.3. The van der Waals surface area contributed by atoms with Crippen LogP contribution in [0.1, 0.15) is 52.7 Å². The van der Waals surface area contributed by atoms with Gasteiger partial charge in [-0.05, 0) is 87.1 Å². The lowest BCUT2D eigenvalue weighted by atomic mass is 9.33. The molecule has 0 saturated heterocycles. The Hall–Kier alpha value is -7.52. The maximum Gasteiger partial charge on any atom is 0.262 e. The second-order valence-corrected chi connectivity index (χ2v) is 19.6. The molecule has 4 aliphatic rings. The molecule has 0 atom stereocenters. The maximum absolute atomic E-state index is 7.29. The molecule has 0 fully saturated rings. The summed E-state index contributed by atoms with van der Waals surface area (Å²) in [6.07, 6.45) is 0. The molecule has 7 aromatic carbocycles. The number of nitrogens with zero attached hydrogens (tertiary/aromatic N) is 2. The molecule has 4 aliphatic heterocycles. The first kappa shape index (κ1) is 38.0. The molecule has 6 heterocycles. The molecule has 0 N–H and O–H groups in total. The molecule has 65 heavy (non-hydrogen) atoms. The van der Waals surface area contributed by atoms with Crippen LogP contribution in [0.3, 0.4) is 0 Å². The lowest BCUT2D eigenvalue weighted by molar-refractivity contribution is 0.173. The number of rotatable bonds is 4. The van der Waals surface area contributed by atoms with E-state index in [-0.39, 0.29) is 31.1 Å². The molecule has 0 unspecified atom stereocenters. The number of fused-ring (bicyclic) bond motifs is 10. The molecule has 0 aliphatic carbocycles. The molecule has 8 nitrogen and oxygen atoms in total. The highest BCUT2D eigenvalue weighted by Gasteiger charge is 2.50. The molecule has 0 amide bonds. The van der Waals surface area contributed by atoms with Crippen LogP contribution in [-0.2, 0) is 10.8 Å². The van der Waals surface area contributed by atoms with Crippen molar-refractivity contribution in [2.75, 3.05) is 23.4 Å². The van der Waals surface area contributed by atoms with Crippen molar-refractivity contribution in [1.82, 2.24) is 0 Å². The summed E-state index contributed by atoms with van der Waals surface area (Å²) in [4.78, 5) is 4.63. The van der Waals surface area contributed by atoms with Gasteiger partial charge in [-0.25, -0.2) is 0 Å². The third-order valence-electron chi connectivity index (χ3n) is 13.6. The molecular formula is C56H45BN2O6. The van der Waals surface area contributed by atoms with Crippen LogP contribution in [0.4, 0.5) is 34.5 Å². The van der Waals surface area contributed by atoms with Crippen LogP contribution >= 0.6 is 0 Å². The van der Waals surface area contributed by atoms with E-state index < -0.39 is 0 Å². The van der Waals surface area contributed by atoms with Gasteiger partial charge in [0.05, 0.1) is 11.4 Å². The molecule has 0 saturated carbocycles. The van der Waals surface area contributed by atoms with Crippen molar-refractivity contribution < 1.29 is 27.8 Å². The lowest BCUT2D eigenvalue weighted by Gasteiger charge is -2.41. The summed E-state index contributed by atoms with van der Waals surface area (Å²) in [6.45, 7) is 13.6. The van der Waals surface area contributed by atoms with Gasteiger partial charge in [-0.1, -0.05) is 120 Å². The van der Waals surface area contributed by atoms with Crippen molar-refractivity contribution in [3.05, 3.63) is 151 Å². The van der Waals surface area contributed by atoms with Crippen LogP contribution in [0, 0.1) is 0 Å². The number of hydrogen-bond acceptors (Lipinski definition) is 8. The van der Waals surface area contributed by atoms with Crippen LogP contribution in [-0.4, -0.2) is 20.3 Å². The van der Waals surface area contributed by atoms with E-state index in [0.717, 1.165) is 95.1 Å². The van der Waals surface area contributed by atoms with E-state index >= 15 is 0 Å². The highest BCUT2D eigenvalue weighted by atomic mass is 16.7. The van der Waals surface area contributed by atoms with Gasteiger partial charge in [-0.2, -0.15) is 0 Å². The Bertz CT molecular complexity index is 3210.